The van der Waals surface area contributed by atoms with Crippen LogP contribution in [-0.2, 0) is 11.2 Å². The molecule has 3 aromatic carbocycles. The lowest BCUT2D eigenvalue weighted by Crippen LogP contribution is -2.31. The number of nitrogens with one attached hydrogen (secondary N) is 1. The van der Waals surface area contributed by atoms with E-state index < -0.39 is 0 Å². The largest absolute Gasteiger partial charge is 0.322 e. The second-order valence-electron chi connectivity index (χ2n) is 6.43. The molecule has 0 saturated heterocycles. The maximum absolute atomic E-state index is 12.7. The first-order valence-electron chi connectivity index (χ1n) is 9.18. The number of likely N-dealkylation sites (N-methyl/N-ethyl adjacent to an activating group) is 1. The smallest absolute Gasteiger partial charge is 0.257 e. The Hall–Kier alpha value is -2.82. The van der Waals surface area contributed by atoms with Crippen LogP contribution in [0.3, 0.4) is 0 Å². The Morgan fingerprint density at radius 1 is 0.931 bits per heavy atom. The van der Waals surface area contributed by atoms with Gasteiger partial charge < -0.3 is 10.2 Å². The SMILES string of the molecule is CCN(C(=O)Cc1ccc(NC(=O)c2cc(Cl)ccc2Cl)cc1)c1ccccc1. The Morgan fingerprint density at radius 2 is 1.62 bits per heavy atom. The van der Waals surface area contributed by atoms with E-state index in [1.165, 1.54) is 6.07 Å². The van der Waals surface area contributed by atoms with E-state index in [-0.39, 0.29) is 18.2 Å². The molecule has 0 aliphatic carbocycles. The maximum atomic E-state index is 12.7. The molecule has 0 aliphatic rings. The number of carbonyl (C=O) groups excluding carboxylic acids is 2. The number of carbonyl (C=O) groups is 2. The molecule has 0 radical (unpaired) electrons. The number of rotatable bonds is 6. The molecule has 3 rings (SSSR count). The van der Waals surface area contributed by atoms with Gasteiger partial charge in [0.25, 0.3) is 5.91 Å². The third kappa shape index (κ3) is 5.37. The molecule has 0 saturated carbocycles. The number of amides is 2. The summed E-state index contributed by atoms with van der Waals surface area (Å²) in [4.78, 5) is 26.9. The fraction of sp³-hybridized carbons (Fsp3) is 0.130. The Labute approximate surface area is 180 Å². The fourth-order valence-corrected chi connectivity index (χ4v) is 3.33. The molecule has 2 amide bonds. The maximum Gasteiger partial charge on any atom is 0.257 e. The van der Waals surface area contributed by atoms with E-state index in [1.54, 1.807) is 29.2 Å². The van der Waals surface area contributed by atoms with Crippen molar-refractivity contribution in [2.24, 2.45) is 0 Å². The van der Waals surface area contributed by atoms with Gasteiger partial charge in [0.05, 0.1) is 17.0 Å². The fourth-order valence-electron chi connectivity index (χ4n) is 2.96. The van der Waals surface area contributed by atoms with E-state index in [0.717, 1.165) is 11.3 Å². The predicted octanol–water partition coefficient (Wildman–Crippen LogP) is 5.84. The van der Waals surface area contributed by atoms with Crippen LogP contribution in [0.4, 0.5) is 11.4 Å². The average molecular weight is 427 g/mol. The lowest BCUT2D eigenvalue weighted by atomic mass is 10.1. The minimum absolute atomic E-state index is 0.0150. The van der Waals surface area contributed by atoms with Gasteiger partial charge in [0.15, 0.2) is 0 Å². The second kappa shape index (κ2) is 9.59. The molecule has 0 heterocycles. The lowest BCUT2D eigenvalue weighted by molar-refractivity contribution is -0.117. The summed E-state index contributed by atoms with van der Waals surface area (Å²) in [5.41, 5.74) is 2.66. The molecular formula is C23H20Cl2N2O2. The van der Waals surface area contributed by atoms with Crippen LogP contribution in [0.2, 0.25) is 10.0 Å². The van der Waals surface area contributed by atoms with E-state index in [9.17, 15) is 9.59 Å². The molecule has 0 bridgehead atoms. The zero-order chi connectivity index (χ0) is 20.8. The van der Waals surface area contributed by atoms with Gasteiger partial charge in [-0.05, 0) is 55.0 Å². The zero-order valence-electron chi connectivity index (χ0n) is 15.9. The Kier molecular flexibility index (Phi) is 6.91. The van der Waals surface area contributed by atoms with Gasteiger partial charge in [-0.15, -0.1) is 0 Å². The topological polar surface area (TPSA) is 49.4 Å². The van der Waals surface area contributed by atoms with Gasteiger partial charge in [0, 0.05) is 22.9 Å². The molecule has 0 aliphatic heterocycles. The van der Waals surface area contributed by atoms with Crippen LogP contribution in [0.25, 0.3) is 0 Å². The van der Waals surface area contributed by atoms with Gasteiger partial charge in [-0.3, -0.25) is 9.59 Å². The summed E-state index contributed by atoms with van der Waals surface area (Å²) in [7, 11) is 0. The summed E-state index contributed by atoms with van der Waals surface area (Å²) >= 11 is 12.0. The quantitative estimate of drug-likeness (QED) is 0.537. The van der Waals surface area contributed by atoms with Gasteiger partial charge in [0.2, 0.25) is 5.91 Å². The average Bonchev–Trinajstić information content (AvgIpc) is 2.72. The van der Waals surface area contributed by atoms with Crippen molar-refractivity contribution in [3.05, 3.63) is 94.0 Å². The summed E-state index contributed by atoms with van der Waals surface area (Å²) in [6.07, 6.45) is 0.275. The van der Waals surface area contributed by atoms with E-state index in [1.807, 2.05) is 49.4 Å². The van der Waals surface area contributed by atoms with Gasteiger partial charge in [-0.25, -0.2) is 0 Å². The van der Waals surface area contributed by atoms with Gasteiger partial charge in [-0.2, -0.15) is 0 Å². The highest BCUT2D eigenvalue weighted by atomic mass is 35.5. The number of hydrogen-bond acceptors (Lipinski definition) is 2. The van der Waals surface area contributed by atoms with Crippen molar-refractivity contribution in [3.8, 4) is 0 Å². The van der Waals surface area contributed by atoms with Crippen molar-refractivity contribution in [2.75, 3.05) is 16.8 Å². The number of nitrogens with zero attached hydrogens (tertiary/aromatic N) is 1. The van der Waals surface area contributed by atoms with Crippen molar-refractivity contribution in [2.45, 2.75) is 13.3 Å². The molecule has 0 atom stereocenters. The van der Waals surface area contributed by atoms with Gasteiger partial charge >= 0.3 is 0 Å². The van der Waals surface area contributed by atoms with E-state index in [4.69, 9.17) is 23.2 Å². The van der Waals surface area contributed by atoms with Gasteiger partial charge in [-0.1, -0.05) is 53.5 Å². The van der Waals surface area contributed by atoms with E-state index >= 15 is 0 Å². The van der Waals surface area contributed by atoms with Crippen LogP contribution >= 0.6 is 23.2 Å². The van der Waals surface area contributed by atoms with Crippen molar-refractivity contribution < 1.29 is 9.59 Å². The summed E-state index contributed by atoms with van der Waals surface area (Å²) < 4.78 is 0. The van der Waals surface area contributed by atoms with Crippen LogP contribution in [0.5, 0.6) is 0 Å². The third-order valence-corrected chi connectivity index (χ3v) is 4.99. The molecule has 4 nitrogen and oxygen atoms in total. The molecule has 3 aromatic rings. The highest BCUT2D eigenvalue weighted by Gasteiger charge is 2.15. The van der Waals surface area contributed by atoms with Crippen molar-refractivity contribution in [1.82, 2.24) is 0 Å². The van der Waals surface area contributed by atoms with Crippen LogP contribution < -0.4 is 10.2 Å². The summed E-state index contributed by atoms with van der Waals surface area (Å²) in [5, 5.41) is 3.55. The minimum Gasteiger partial charge on any atom is -0.322 e. The monoisotopic (exact) mass is 426 g/mol. The summed E-state index contributed by atoms with van der Waals surface area (Å²) in [6, 6.07) is 21.5. The van der Waals surface area contributed by atoms with Crippen LogP contribution in [0, 0.1) is 0 Å². The number of benzene rings is 3. The lowest BCUT2D eigenvalue weighted by Gasteiger charge is -2.21. The molecule has 148 valence electrons. The summed E-state index contributed by atoms with van der Waals surface area (Å²) in [5.74, 6) is -0.330. The Morgan fingerprint density at radius 3 is 2.28 bits per heavy atom. The van der Waals surface area contributed by atoms with Crippen molar-refractivity contribution in [1.29, 1.82) is 0 Å². The third-order valence-electron chi connectivity index (χ3n) is 4.43. The first kappa shape index (κ1) is 20.9. The van der Waals surface area contributed by atoms with Crippen molar-refractivity contribution in [3.63, 3.8) is 0 Å². The molecule has 0 fully saturated rings. The normalized spacial score (nSPS) is 10.4. The number of para-hydroxylation sites is 1. The van der Waals surface area contributed by atoms with Gasteiger partial charge in [0.1, 0.15) is 0 Å². The second-order valence-corrected chi connectivity index (χ2v) is 7.27. The predicted molar refractivity (Wildman–Crippen MR) is 119 cm³/mol. The summed E-state index contributed by atoms with van der Waals surface area (Å²) in [6.45, 7) is 2.54. The molecule has 0 aromatic heterocycles. The van der Waals surface area contributed by atoms with Crippen molar-refractivity contribution >= 4 is 46.4 Å². The number of anilines is 2. The molecule has 0 spiro atoms. The van der Waals surface area contributed by atoms with Crippen LogP contribution in [0.15, 0.2) is 72.8 Å². The molecular weight excluding hydrogens is 407 g/mol. The van der Waals surface area contributed by atoms with Crippen LogP contribution in [0.1, 0.15) is 22.8 Å². The first-order chi connectivity index (χ1) is 14.0. The van der Waals surface area contributed by atoms with E-state index in [2.05, 4.69) is 5.32 Å². The standard InChI is InChI=1S/C23H20Cl2N2O2/c1-2-27(19-6-4-3-5-7-19)22(28)14-16-8-11-18(12-9-16)26-23(29)20-15-17(24)10-13-21(20)25/h3-13,15H,2,14H2,1H3,(H,26,29). The van der Waals surface area contributed by atoms with Crippen LogP contribution in [-0.4, -0.2) is 18.4 Å². The molecule has 0 unspecified atom stereocenters. The Bertz CT molecular complexity index is 1010. The molecule has 1 N–H and O–H groups in total. The highest BCUT2D eigenvalue weighted by Crippen LogP contribution is 2.22. The molecule has 6 heteroatoms. The number of halogens is 2. The minimum atomic E-state index is -0.345. The number of hydrogen-bond donors (Lipinski definition) is 1. The van der Waals surface area contributed by atoms with E-state index in [0.29, 0.717) is 27.8 Å². The highest BCUT2D eigenvalue weighted by molar-refractivity contribution is 6.36. The first-order valence-corrected chi connectivity index (χ1v) is 9.94. The zero-order valence-corrected chi connectivity index (χ0v) is 17.4. The Balaban J connectivity index is 1.66. The molecule has 29 heavy (non-hydrogen) atoms.